The van der Waals surface area contributed by atoms with Gasteiger partial charge in [-0.05, 0) is 36.9 Å². The van der Waals surface area contributed by atoms with Crippen molar-refractivity contribution >= 4 is 11.3 Å². The standard InChI is InChI=1S/C12H21NOS/c1-5-10(14-4)11(13-6-2)12-9(3)7-8-15-12/h7-8,10-11,13H,5-6H2,1-4H3. The Morgan fingerprint density at radius 3 is 2.60 bits per heavy atom. The van der Waals surface area contributed by atoms with Gasteiger partial charge in [0.05, 0.1) is 12.1 Å². The quantitative estimate of drug-likeness (QED) is 0.806. The minimum absolute atomic E-state index is 0.266. The Bertz CT molecular complexity index is 281. The molecule has 0 spiro atoms. The number of ether oxygens (including phenoxy) is 1. The number of thiophene rings is 1. The second kappa shape index (κ2) is 6.26. The molecule has 0 fully saturated rings. The largest absolute Gasteiger partial charge is 0.379 e. The normalized spacial score (nSPS) is 15.2. The van der Waals surface area contributed by atoms with Crippen molar-refractivity contribution in [3.63, 3.8) is 0 Å². The monoisotopic (exact) mass is 227 g/mol. The van der Waals surface area contributed by atoms with Crippen molar-refractivity contribution in [2.75, 3.05) is 13.7 Å². The topological polar surface area (TPSA) is 21.3 Å². The van der Waals surface area contributed by atoms with Gasteiger partial charge < -0.3 is 10.1 Å². The van der Waals surface area contributed by atoms with E-state index >= 15 is 0 Å². The number of hydrogen-bond acceptors (Lipinski definition) is 3. The van der Waals surface area contributed by atoms with Gasteiger partial charge in [-0.2, -0.15) is 0 Å². The zero-order valence-electron chi connectivity index (χ0n) is 10.0. The first-order chi connectivity index (χ1) is 7.24. The van der Waals surface area contributed by atoms with E-state index in [1.165, 1.54) is 10.4 Å². The number of hydrogen-bond donors (Lipinski definition) is 1. The van der Waals surface area contributed by atoms with Gasteiger partial charge in [0.1, 0.15) is 0 Å². The van der Waals surface area contributed by atoms with Gasteiger partial charge in [0, 0.05) is 12.0 Å². The zero-order chi connectivity index (χ0) is 11.3. The van der Waals surface area contributed by atoms with Crippen LogP contribution in [0.15, 0.2) is 11.4 Å². The molecule has 0 aliphatic heterocycles. The maximum absolute atomic E-state index is 5.54. The Hall–Kier alpha value is -0.380. The lowest BCUT2D eigenvalue weighted by molar-refractivity contribution is 0.0665. The zero-order valence-corrected chi connectivity index (χ0v) is 10.9. The first-order valence-electron chi connectivity index (χ1n) is 5.54. The van der Waals surface area contributed by atoms with Gasteiger partial charge in [0.15, 0.2) is 0 Å². The Kier molecular flexibility index (Phi) is 5.29. The molecule has 2 nitrogen and oxygen atoms in total. The van der Waals surface area contributed by atoms with E-state index in [2.05, 4.69) is 37.5 Å². The fourth-order valence-corrected chi connectivity index (χ4v) is 2.91. The molecule has 0 amide bonds. The van der Waals surface area contributed by atoms with Crippen LogP contribution in [-0.2, 0) is 4.74 Å². The van der Waals surface area contributed by atoms with Gasteiger partial charge in [0.2, 0.25) is 0 Å². The van der Waals surface area contributed by atoms with E-state index in [0.717, 1.165) is 13.0 Å². The lowest BCUT2D eigenvalue weighted by atomic mass is 10.0. The third-order valence-corrected chi connectivity index (χ3v) is 3.79. The summed E-state index contributed by atoms with van der Waals surface area (Å²) in [6, 6.07) is 2.51. The molecule has 1 N–H and O–H groups in total. The van der Waals surface area contributed by atoms with Gasteiger partial charge in [-0.3, -0.25) is 0 Å². The van der Waals surface area contributed by atoms with Crippen molar-refractivity contribution < 1.29 is 4.74 Å². The van der Waals surface area contributed by atoms with Crippen LogP contribution in [0.5, 0.6) is 0 Å². The molecule has 1 rings (SSSR count). The number of nitrogens with one attached hydrogen (secondary N) is 1. The predicted octanol–water partition coefficient (Wildman–Crippen LogP) is 3.13. The summed E-state index contributed by atoms with van der Waals surface area (Å²) in [6.45, 7) is 7.44. The molecule has 15 heavy (non-hydrogen) atoms. The summed E-state index contributed by atoms with van der Waals surface area (Å²) >= 11 is 1.81. The third-order valence-electron chi connectivity index (χ3n) is 2.69. The number of methoxy groups -OCH3 is 1. The fraction of sp³-hybridized carbons (Fsp3) is 0.667. The Morgan fingerprint density at radius 1 is 1.47 bits per heavy atom. The first-order valence-corrected chi connectivity index (χ1v) is 6.42. The highest BCUT2D eigenvalue weighted by Crippen LogP contribution is 2.28. The second-order valence-corrected chi connectivity index (χ2v) is 4.63. The molecule has 0 radical (unpaired) electrons. The van der Waals surface area contributed by atoms with Crippen LogP contribution >= 0.6 is 11.3 Å². The van der Waals surface area contributed by atoms with E-state index in [9.17, 15) is 0 Å². The van der Waals surface area contributed by atoms with Gasteiger partial charge in [0.25, 0.3) is 0 Å². The van der Waals surface area contributed by atoms with Gasteiger partial charge in [-0.25, -0.2) is 0 Å². The number of likely N-dealkylation sites (N-methyl/N-ethyl adjacent to an activating group) is 1. The minimum Gasteiger partial charge on any atom is -0.379 e. The highest BCUT2D eigenvalue weighted by molar-refractivity contribution is 7.10. The van der Waals surface area contributed by atoms with Gasteiger partial charge >= 0.3 is 0 Å². The second-order valence-electron chi connectivity index (χ2n) is 3.69. The van der Waals surface area contributed by atoms with E-state index in [-0.39, 0.29) is 6.10 Å². The van der Waals surface area contributed by atoms with Crippen LogP contribution < -0.4 is 5.32 Å². The van der Waals surface area contributed by atoms with Crippen molar-refractivity contribution in [1.82, 2.24) is 5.32 Å². The smallest absolute Gasteiger partial charge is 0.0771 e. The van der Waals surface area contributed by atoms with Crippen LogP contribution in [0.3, 0.4) is 0 Å². The van der Waals surface area contributed by atoms with Crippen molar-refractivity contribution in [1.29, 1.82) is 0 Å². The van der Waals surface area contributed by atoms with E-state index in [1.54, 1.807) is 7.11 Å². The number of aryl methyl sites for hydroxylation is 1. The molecule has 0 aliphatic rings. The average Bonchev–Trinajstić information content (AvgIpc) is 2.65. The lowest BCUT2D eigenvalue weighted by Gasteiger charge is -2.25. The summed E-state index contributed by atoms with van der Waals surface area (Å²) in [6.07, 6.45) is 1.30. The van der Waals surface area contributed by atoms with E-state index in [4.69, 9.17) is 4.74 Å². The molecule has 1 heterocycles. The molecular weight excluding hydrogens is 206 g/mol. The van der Waals surface area contributed by atoms with Crippen LogP contribution in [0.2, 0.25) is 0 Å². The third kappa shape index (κ3) is 3.03. The molecule has 0 aromatic carbocycles. The summed E-state index contributed by atoms with van der Waals surface area (Å²) in [5.41, 5.74) is 1.36. The molecule has 0 saturated heterocycles. The SMILES string of the molecule is CCNC(c1sccc1C)C(CC)OC. The molecule has 86 valence electrons. The summed E-state index contributed by atoms with van der Waals surface area (Å²) in [5, 5.41) is 5.66. The van der Waals surface area contributed by atoms with Crippen LogP contribution in [-0.4, -0.2) is 19.8 Å². The molecule has 0 saturated carbocycles. The summed E-state index contributed by atoms with van der Waals surface area (Å²) in [5.74, 6) is 0. The van der Waals surface area contributed by atoms with Gasteiger partial charge in [-0.15, -0.1) is 11.3 Å². The molecule has 0 aliphatic carbocycles. The Morgan fingerprint density at radius 2 is 2.20 bits per heavy atom. The van der Waals surface area contributed by atoms with Crippen molar-refractivity contribution in [3.8, 4) is 0 Å². The molecule has 2 atom stereocenters. The molecule has 3 heteroatoms. The van der Waals surface area contributed by atoms with E-state index in [1.807, 2.05) is 11.3 Å². The van der Waals surface area contributed by atoms with Crippen LogP contribution in [0.25, 0.3) is 0 Å². The molecule has 0 bridgehead atoms. The Balaban J connectivity index is 2.86. The lowest BCUT2D eigenvalue weighted by Crippen LogP contribution is -2.32. The summed E-state index contributed by atoms with van der Waals surface area (Å²) < 4.78 is 5.54. The molecular formula is C12H21NOS. The molecule has 1 aromatic rings. The average molecular weight is 227 g/mol. The van der Waals surface area contributed by atoms with Crippen molar-refractivity contribution in [2.24, 2.45) is 0 Å². The minimum atomic E-state index is 0.266. The fourth-order valence-electron chi connectivity index (χ4n) is 1.85. The summed E-state index contributed by atoms with van der Waals surface area (Å²) in [7, 11) is 1.79. The highest BCUT2D eigenvalue weighted by atomic mass is 32.1. The summed E-state index contributed by atoms with van der Waals surface area (Å²) in [4.78, 5) is 1.41. The van der Waals surface area contributed by atoms with Crippen molar-refractivity contribution in [3.05, 3.63) is 21.9 Å². The molecule has 2 unspecified atom stereocenters. The Labute approximate surface area is 96.7 Å². The van der Waals surface area contributed by atoms with E-state index < -0.39 is 0 Å². The number of rotatable bonds is 6. The maximum atomic E-state index is 5.54. The first kappa shape index (κ1) is 12.7. The van der Waals surface area contributed by atoms with Crippen LogP contribution in [0.4, 0.5) is 0 Å². The van der Waals surface area contributed by atoms with Crippen LogP contribution in [0.1, 0.15) is 36.8 Å². The maximum Gasteiger partial charge on any atom is 0.0771 e. The van der Waals surface area contributed by atoms with Gasteiger partial charge in [-0.1, -0.05) is 13.8 Å². The predicted molar refractivity (Wildman–Crippen MR) is 66.6 cm³/mol. The van der Waals surface area contributed by atoms with Crippen molar-refractivity contribution in [2.45, 2.75) is 39.3 Å². The van der Waals surface area contributed by atoms with E-state index in [0.29, 0.717) is 6.04 Å². The van der Waals surface area contributed by atoms with Crippen LogP contribution in [0, 0.1) is 6.92 Å². The highest BCUT2D eigenvalue weighted by Gasteiger charge is 2.22. The molecule has 1 aromatic heterocycles.